The van der Waals surface area contributed by atoms with E-state index in [-0.39, 0.29) is 17.8 Å². The van der Waals surface area contributed by atoms with Gasteiger partial charge in [0.05, 0.1) is 17.4 Å². The maximum Gasteiger partial charge on any atom is 0.357 e. The molecule has 2 aromatic heterocycles. The molecule has 0 radical (unpaired) electrons. The lowest BCUT2D eigenvalue weighted by molar-refractivity contribution is 0.0690. The van der Waals surface area contributed by atoms with Crippen LogP contribution in [0, 0.1) is 0 Å². The van der Waals surface area contributed by atoms with E-state index in [0.717, 1.165) is 16.5 Å². The summed E-state index contributed by atoms with van der Waals surface area (Å²) in [6.07, 6.45) is 1.69. The van der Waals surface area contributed by atoms with Gasteiger partial charge in [-0.15, -0.1) is 0 Å². The Hall–Kier alpha value is -3.54. The SMILES string of the molecule is O=C(O)c1nn(Cc2cccc3cccnc23)c(=O)c2ccccc12. The van der Waals surface area contributed by atoms with Crippen molar-refractivity contribution in [1.29, 1.82) is 0 Å². The van der Waals surface area contributed by atoms with Crippen LogP contribution in [0.4, 0.5) is 0 Å². The lowest BCUT2D eigenvalue weighted by Gasteiger charge is -2.10. The molecule has 2 aromatic carbocycles. The molecule has 0 unspecified atom stereocenters. The van der Waals surface area contributed by atoms with Gasteiger partial charge in [-0.2, -0.15) is 5.10 Å². The van der Waals surface area contributed by atoms with Crippen LogP contribution >= 0.6 is 0 Å². The molecule has 2 heterocycles. The van der Waals surface area contributed by atoms with Gasteiger partial charge in [-0.3, -0.25) is 9.78 Å². The maximum absolute atomic E-state index is 12.7. The molecule has 0 fully saturated rings. The summed E-state index contributed by atoms with van der Waals surface area (Å²) in [5.41, 5.74) is 1.11. The summed E-state index contributed by atoms with van der Waals surface area (Å²) in [7, 11) is 0. The molecule has 25 heavy (non-hydrogen) atoms. The Morgan fingerprint density at radius 3 is 2.56 bits per heavy atom. The van der Waals surface area contributed by atoms with Crippen molar-refractivity contribution < 1.29 is 9.90 Å². The lowest BCUT2D eigenvalue weighted by Crippen LogP contribution is -2.26. The van der Waals surface area contributed by atoms with E-state index in [1.165, 1.54) is 4.68 Å². The first-order valence-electron chi connectivity index (χ1n) is 7.71. The van der Waals surface area contributed by atoms with Gasteiger partial charge in [-0.05, 0) is 17.7 Å². The minimum atomic E-state index is -1.17. The monoisotopic (exact) mass is 331 g/mol. The van der Waals surface area contributed by atoms with E-state index < -0.39 is 5.97 Å². The van der Waals surface area contributed by atoms with E-state index in [9.17, 15) is 14.7 Å². The Balaban J connectivity index is 1.94. The molecule has 0 aliphatic rings. The molecular weight excluding hydrogens is 318 g/mol. The fourth-order valence-electron chi connectivity index (χ4n) is 2.96. The van der Waals surface area contributed by atoms with Crippen molar-refractivity contribution in [2.75, 3.05) is 0 Å². The molecule has 0 atom stereocenters. The first kappa shape index (κ1) is 15.0. The fourth-order valence-corrected chi connectivity index (χ4v) is 2.96. The largest absolute Gasteiger partial charge is 0.476 e. The van der Waals surface area contributed by atoms with Gasteiger partial charge in [0.2, 0.25) is 0 Å². The molecule has 4 rings (SSSR count). The van der Waals surface area contributed by atoms with E-state index in [1.54, 1.807) is 30.5 Å². The summed E-state index contributed by atoms with van der Waals surface area (Å²) < 4.78 is 1.19. The average Bonchev–Trinajstić information content (AvgIpc) is 2.64. The molecule has 1 N–H and O–H groups in total. The number of aromatic carboxylic acids is 1. The van der Waals surface area contributed by atoms with Gasteiger partial charge in [-0.1, -0.05) is 42.5 Å². The van der Waals surface area contributed by atoms with Crippen LogP contribution in [-0.4, -0.2) is 25.8 Å². The van der Waals surface area contributed by atoms with Crippen LogP contribution in [0.2, 0.25) is 0 Å². The van der Waals surface area contributed by atoms with Crippen LogP contribution in [0.5, 0.6) is 0 Å². The Bertz CT molecular complexity index is 1180. The van der Waals surface area contributed by atoms with Gasteiger partial charge >= 0.3 is 5.97 Å². The minimum Gasteiger partial charge on any atom is -0.476 e. The van der Waals surface area contributed by atoms with Crippen LogP contribution in [-0.2, 0) is 6.54 Å². The van der Waals surface area contributed by atoms with Crippen molar-refractivity contribution in [2.24, 2.45) is 0 Å². The van der Waals surface area contributed by atoms with Crippen molar-refractivity contribution >= 4 is 27.6 Å². The highest BCUT2D eigenvalue weighted by Crippen LogP contribution is 2.18. The normalized spacial score (nSPS) is 11.0. The van der Waals surface area contributed by atoms with Crippen molar-refractivity contribution in [3.8, 4) is 0 Å². The minimum absolute atomic E-state index is 0.136. The highest BCUT2D eigenvalue weighted by Gasteiger charge is 2.16. The van der Waals surface area contributed by atoms with Gasteiger partial charge in [0, 0.05) is 17.0 Å². The highest BCUT2D eigenvalue weighted by molar-refractivity contribution is 6.01. The third kappa shape index (κ3) is 2.53. The Morgan fingerprint density at radius 1 is 1.00 bits per heavy atom. The average molecular weight is 331 g/mol. The maximum atomic E-state index is 12.7. The predicted octanol–water partition coefficient (Wildman–Crippen LogP) is 2.69. The molecule has 0 bridgehead atoms. The summed E-state index contributed by atoms with van der Waals surface area (Å²) in [6, 6.07) is 16.1. The van der Waals surface area contributed by atoms with Gasteiger partial charge in [0.15, 0.2) is 5.69 Å². The molecule has 0 aliphatic heterocycles. The topological polar surface area (TPSA) is 85.1 Å². The predicted molar refractivity (Wildman–Crippen MR) is 93.8 cm³/mol. The molecule has 0 aliphatic carbocycles. The van der Waals surface area contributed by atoms with Gasteiger partial charge in [0.1, 0.15) is 0 Å². The first-order valence-corrected chi connectivity index (χ1v) is 7.71. The highest BCUT2D eigenvalue weighted by atomic mass is 16.4. The van der Waals surface area contributed by atoms with Gasteiger partial charge in [-0.25, -0.2) is 9.48 Å². The molecule has 4 aromatic rings. The van der Waals surface area contributed by atoms with E-state index in [1.807, 2.05) is 30.3 Å². The van der Waals surface area contributed by atoms with E-state index >= 15 is 0 Å². The number of rotatable bonds is 3. The number of hydrogen-bond acceptors (Lipinski definition) is 4. The molecule has 0 spiro atoms. The standard InChI is InChI=1S/C19H13N3O3/c23-18-15-9-2-1-8-14(15)17(19(24)25)21-22(18)11-13-6-3-5-12-7-4-10-20-16(12)13/h1-10H,11H2,(H,24,25). The summed E-state index contributed by atoms with van der Waals surface area (Å²) in [5.74, 6) is -1.17. The second kappa shape index (κ2) is 5.83. The van der Waals surface area contributed by atoms with E-state index in [0.29, 0.717) is 10.8 Å². The Kier molecular flexibility index (Phi) is 3.50. The summed E-state index contributed by atoms with van der Waals surface area (Å²) >= 11 is 0. The van der Waals surface area contributed by atoms with Gasteiger partial charge < -0.3 is 5.11 Å². The quantitative estimate of drug-likeness (QED) is 0.624. The third-order valence-electron chi connectivity index (χ3n) is 4.11. The third-order valence-corrected chi connectivity index (χ3v) is 4.11. The van der Waals surface area contributed by atoms with Gasteiger partial charge in [0.25, 0.3) is 5.56 Å². The van der Waals surface area contributed by atoms with Crippen molar-refractivity contribution in [3.05, 3.63) is 82.4 Å². The van der Waals surface area contributed by atoms with Crippen LogP contribution in [0.3, 0.4) is 0 Å². The van der Waals surface area contributed by atoms with E-state index in [2.05, 4.69) is 10.1 Å². The smallest absolute Gasteiger partial charge is 0.357 e. The number of carboxylic acid groups (broad SMARTS) is 1. The zero-order valence-electron chi connectivity index (χ0n) is 13.1. The van der Waals surface area contributed by atoms with Crippen LogP contribution in [0.25, 0.3) is 21.7 Å². The molecular formula is C19H13N3O3. The molecule has 122 valence electrons. The molecule has 0 saturated heterocycles. The number of carbonyl (C=O) groups is 1. The second-order valence-electron chi connectivity index (χ2n) is 5.65. The number of para-hydroxylation sites is 1. The lowest BCUT2D eigenvalue weighted by atomic mass is 10.1. The summed E-state index contributed by atoms with van der Waals surface area (Å²) in [5, 5.41) is 15.2. The number of aromatic nitrogens is 3. The molecule has 0 amide bonds. The van der Waals surface area contributed by atoms with Crippen LogP contribution in [0.15, 0.2) is 65.6 Å². The summed E-state index contributed by atoms with van der Waals surface area (Å²) in [4.78, 5) is 28.7. The Labute approximate surface area is 142 Å². The molecule has 0 saturated carbocycles. The number of nitrogens with zero attached hydrogens (tertiary/aromatic N) is 3. The van der Waals surface area contributed by atoms with Crippen molar-refractivity contribution in [1.82, 2.24) is 14.8 Å². The number of carboxylic acids is 1. The van der Waals surface area contributed by atoms with Crippen molar-refractivity contribution in [3.63, 3.8) is 0 Å². The molecule has 6 heteroatoms. The van der Waals surface area contributed by atoms with Crippen LogP contribution in [0.1, 0.15) is 16.1 Å². The van der Waals surface area contributed by atoms with E-state index in [4.69, 9.17) is 0 Å². The van der Waals surface area contributed by atoms with Crippen LogP contribution < -0.4 is 5.56 Å². The first-order chi connectivity index (χ1) is 12.1. The molecule has 6 nitrogen and oxygen atoms in total. The zero-order valence-corrected chi connectivity index (χ0v) is 13.1. The fraction of sp³-hybridized carbons (Fsp3) is 0.0526. The zero-order chi connectivity index (χ0) is 17.4. The Morgan fingerprint density at radius 2 is 1.76 bits per heavy atom. The number of pyridine rings is 1. The number of hydrogen-bond donors (Lipinski definition) is 1. The second-order valence-corrected chi connectivity index (χ2v) is 5.65. The summed E-state index contributed by atoms with van der Waals surface area (Å²) in [6.45, 7) is 0.151. The number of fused-ring (bicyclic) bond motifs is 2. The van der Waals surface area contributed by atoms with Crippen molar-refractivity contribution in [2.45, 2.75) is 6.54 Å². The number of benzene rings is 2.